The quantitative estimate of drug-likeness (QED) is 0.689. The number of carbonyl (C=O) groups excluding carboxylic acids is 1. The molecular weight excluding hydrogens is 256 g/mol. The molecule has 3 N–H and O–H groups in total. The van der Waals surface area contributed by atoms with Gasteiger partial charge in [-0.05, 0) is 6.92 Å². The Labute approximate surface area is 111 Å². The number of nitrogens with one attached hydrogen (secondary N) is 1. The standard InChI is InChI=1S/C11H20N2O4S/c1-7-8(2)18-6-4-13(7)11(17)12-9(3-5-14)10(15)16/h7-9,14H,3-6H2,1-2H3,(H,12,17)(H,15,16)/t7?,8?,9-/m0/s1. The van der Waals surface area contributed by atoms with E-state index in [4.69, 9.17) is 10.2 Å². The molecule has 1 rings (SSSR count). The van der Waals surface area contributed by atoms with Crippen LogP contribution in [-0.2, 0) is 4.79 Å². The molecule has 0 aliphatic carbocycles. The van der Waals surface area contributed by atoms with Crippen molar-refractivity contribution in [2.24, 2.45) is 0 Å². The summed E-state index contributed by atoms with van der Waals surface area (Å²) < 4.78 is 0. The molecule has 0 aromatic carbocycles. The Balaban J connectivity index is 2.60. The summed E-state index contributed by atoms with van der Waals surface area (Å²) in [4.78, 5) is 24.6. The van der Waals surface area contributed by atoms with Gasteiger partial charge in [0.2, 0.25) is 0 Å². The van der Waals surface area contributed by atoms with Crippen LogP contribution in [-0.4, -0.2) is 63.4 Å². The van der Waals surface area contributed by atoms with Gasteiger partial charge in [0.1, 0.15) is 6.04 Å². The minimum atomic E-state index is -1.12. The van der Waals surface area contributed by atoms with Crippen LogP contribution in [0.4, 0.5) is 4.79 Å². The molecule has 0 bridgehead atoms. The lowest BCUT2D eigenvalue weighted by atomic mass is 10.2. The van der Waals surface area contributed by atoms with Crippen molar-refractivity contribution in [3.63, 3.8) is 0 Å². The predicted molar refractivity (Wildman–Crippen MR) is 69.7 cm³/mol. The molecule has 0 aromatic heterocycles. The Morgan fingerprint density at radius 2 is 2.17 bits per heavy atom. The zero-order valence-electron chi connectivity index (χ0n) is 10.6. The van der Waals surface area contributed by atoms with Crippen LogP contribution in [0.25, 0.3) is 0 Å². The molecule has 1 aliphatic heterocycles. The van der Waals surface area contributed by atoms with Gasteiger partial charge < -0.3 is 20.4 Å². The second-order valence-electron chi connectivity index (χ2n) is 4.36. The summed E-state index contributed by atoms with van der Waals surface area (Å²) in [5.41, 5.74) is 0. The van der Waals surface area contributed by atoms with Crippen molar-refractivity contribution < 1.29 is 19.8 Å². The predicted octanol–water partition coefficient (Wildman–Crippen LogP) is 0.357. The van der Waals surface area contributed by atoms with Gasteiger partial charge in [0.15, 0.2) is 0 Å². The molecule has 104 valence electrons. The highest BCUT2D eigenvalue weighted by Gasteiger charge is 2.31. The van der Waals surface area contributed by atoms with Gasteiger partial charge in [0.05, 0.1) is 0 Å². The molecular formula is C11H20N2O4S. The molecule has 0 saturated carbocycles. The average Bonchev–Trinajstić information content (AvgIpc) is 2.31. The first-order chi connectivity index (χ1) is 8.47. The number of carboxylic acid groups (broad SMARTS) is 1. The first kappa shape index (κ1) is 15.1. The number of amides is 2. The fourth-order valence-electron chi connectivity index (χ4n) is 1.84. The summed E-state index contributed by atoms with van der Waals surface area (Å²) in [7, 11) is 0. The minimum absolute atomic E-state index is 0.0214. The lowest BCUT2D eigenvalue weighted by Gasteiger charge is -2.37. The summed E-state index contributed by atoms with van der Waals surface area (Å²) in [6.45, 7) is 4.36. The molecule has 0 radical (unpaired) electrons. The Hall–Kier alpha value is -0.950. The normalized spacial score (nSPS) is 25.6. The number of aliphatic hydroxyl groups is 1. The average molecular weight is 276 g/mol. The fraction of sp³-hybridized carbons (Fsp3) is 0.818. The molecule has 2 amide bonds. The third kappa shape index (κ3) is 3.78. The van der Waals surface area contributed by atoms with Gasteiger partial charge in [-0.15, -0.1) is 0 Å². The first-order valence-electron chi connectivity index (χ1n) is 5.99. The third-order valence-electron chi connectivity index (χ3n) is 3.16. The summed E-state index contributed by atoms with van der Waals surface area (Å²) in [5, 5.41) is 20.5. The maximum absolute atomic E-state index is 12.0. The molecule has 1 saturated heterocycles. The van der Waals surface area contributed by atoms with E-state index < -0.39 is 12.0 Å². The van der Waals surface area contributed by atoms with Crippen molar-refractivity contribution >= 4 is 23.8 Å². The third-order valence-corrected chi connectivity index (χ3v) is 4.50. The van der Waals surface area contributed by atoms with Crippen LogP contribution >= 0.6 is 11.8 Å². The topological polar surface area (TPSA) is 89.9 Å². The lowest BCUT2D eigenvalue weighted by Crippen LogP contribution is -2.55. The van der Waals surface area contributed by atoms with Crippen molar-refractivity contribution in [3.8, 4) is 0 Å². The Morgan fingerprint density at radius 3 is 2.72 bits per heavy atom. The number of rotatable bonds is 4. The number of carbonyl (C=O) groups is 2. The summed E-state index contributed by atoms with van der Waals surface area (Å²) >= 11 is 1.80. The summed E-state index contributed by atoms with van der Waals surface area (Å²) in [6.07, 6.45) is 0.0214. The van der Waals surface area contributed by atoms with Gasteiger partial charge in [-0.1, -0.05) is 6.92 Å². The van der Waals surface area contributed by atoms with E-state index >= 15 is 0 Å². The largest absolute Gasteiger partial charge is 0.480 e. The number of nitrogens with zero attached hydrogens (tertiary/aromatic N) is 1. The van der Waals surface area contributed by atoms with Crippen LogP contribution in [0.15, 0.2) is 0 Å². The van der Waals surface area contributed by atoms with E-state index in [9.17, 15) is 9.59 Å². The van der Waals surface area contributed by atoms with E-state index in [2.05, 4.69) is 12.2 Å². The highest BCUT2D eigenvalue weighted by atomic mass is 32.2. The minimum Gasteiger partial charge on any atom is -0.480 e. The van der Waals surface area contributed by atoms with Gasteiger partial charge in [-0.3, -0.25) is 0 Å². The molecule has 18 heavy (non-hydrogen) atoms. The van der Waals surface area contributed by atoms with E-state index in [1.807, 2.05) is 6.92 Å². The van der Waals surface area contributed by atoms with Crippen LogP contribution < -0.4 is 5.32 Å². The van der Waals surface area contributed by atoms with Crippen molar-refractivity contribution in [1.82, 2.24) is 10.2 Å². The van der Waals surface area contributed by atoms with E-state index in [1.54, 1.807) is 16.7 Å². The Bertz CT molecular complexity index is 313. The summed E-state index contributed by atoms with van der Waals surface area (Å²) in [6, 6.07) is -1.32. The lowest BCUT2D eigenvalue weighted by molar-refractivity contribution is -0.139. The maximum atomic E-state index is 12.0. The monoisotopic (exact) mass is 276 g/mol. The van der Waals surface area contributed by atoms with Crippen molar-refractivity contribution in [3.05, 3.63) is 0 Å². The highest BCUT2D eigenvalue weighted by molar-refractivity contribution is 8.00. The molecule has 2 unspecified atom stereocenters. The number of urea groups is 1. The molecule has 1 heterocycles. The second kappa shape index (κ2) is 6.84. The smallest absolute Gasteiger partial charge is 0.326 e. The van der Waals surface area contributed by atoms with E-state index in [0.29, 0.717) is 11.8 Å². The van der Waals surface area contributed by atoms with E-state index in [0.717, 1.165) is 5.75 Å². The number of carboxylic acids is 1. The van der Waals surface area contributed by atoms with Gasteiger partial charge in [0, 0.05) is 36.6 Å². The Kier molecular flexibility index (Phi) is 5.74. The fourth-order valence-corrected chi connectivity index (χ4v) is 2.94. The highest BCUT2D eigenvalue weighted by Crippen LogP contribution is 2.24. The van der Waals surface area contributed by atoms with Crippen LogP contribution in [0.1, 0.15) is 20.3 Å². The van der Waals surface area contributed by atoms with Crippen molar-refractivity contribution in [1.29, 1.82) is 0 Å². The van der Waals surface area contributed by atoms with Crippen molar-refractivity contribution in [2.45, 2.75) is 37.6 Å². The Morgan fingerprint density at radius 1 is 1.50 bits per heavy atom. The maximum Gasteiger partial charge on any atom is 0.326 e. The number of aliphatic carboxylic acids is 1. The van der Waals surface area contributed by atoms with Gasteiger partial charge in [-0.25, -0.2) is 9.59 Å². The van der Waals surface area contributed by atoms with Gasteiger partial charge >= 0.3 is 12.0 Å². The van der Waals surface area contributed by atoms with Crippen molar-refractivity contribution in [2.75, 3.05) is 18.9 Å². The van der Waals surface area contributed by atoms with E-state index in [1.165, 1.54) is 0 Å². The number of hydrogen-bond acceptors (Lipinski definition) is 4. The number of aliphatic hydroxyl groups excluding tert-OH is 1. The van der Waals surface area contributed by atoms with Gasteiger partial charge in [-0.2, -0.15) is 11.8 Å². The second-order valence-corrected chi connectivity index (χ2v) is 5.85. The molecule has 0 aromatic rings. The molecule has 0 spiro atoms. The molecule has 1 fully saturated rings. The van der Waals surface area contributed by atoms with Crippen LogP contribution in [0.3, 0.4) is 0 Å². The molecule has 1 aliphatic rings. The van der Waals surface area contributed by atoms with E-state index in [-0.39, 0.29) is 25.1 Å². The zero-order chi connectivity index (χ0) is 13.7. The SMILES string of the molecule is CC1SCCN(C(=O)N[C@@H](CCO)C(=O)O)C1C. The van der Waals surface area contributed by atoms with Gasteiger partial charge in [0.25, 0.3) is 0 Å². The molecule has 7 heteroatoms. The molecule has 6 nitrogen and oxygen atoms in total. The number of thioether (sulfide) groups is 1. The van der Waals surface area contributed by atoms with Crippen LogP contribution in [0.2, 0.25) is 0 Å². The number of hydrogen-bond donors (Lipinski definition) is 3. The van der Waals surface area contributed by atoms with Crippen LogP contribution in [0.5, 0.6) is 0 Å². The molecule has 3 atom stereocenters. The first-order valence-corrected chi connectivity index (χ1v) is 7.04. The van der Waals surface area contributed by atoms with Crippen LogP contribution in [0, 0.1) is 0 Å². The zero-order valence-corrected chi connectivity index (χ0v) is 11.4. The summed E-state index contributed by atoms with van der Waals surface area (Å²) in [5.74, 6) is -0.263.